The van der Waals surface area contributed by atoms with Crippen LogP contribution in [0.25, 0.3) is 0 Å². The number of hydrogen-bond donors (Lipinski definition) is 1. The highest BCUT2D eigenvalue weighted by molar-refractivity contribution is 5.87. The number of carbonyl (C=O) groups excluding carboxylic acids is 2. The molecule has 0 aliphatic rings. The maximum Gasteiger partial charge on any atom is 0.491 e. The molecule has 0 heterocycles. The maximum absolute atomic E-state index is 11.2. The molecule has 0 fully saturated rings. The number of carbonyl (C=O) groups is 3. The summed E-state index contributed by atoms with van der Waals surface area (Å²) in [6.07, 6.45) is -5.09. The molecular weight excluding hydrogens is 209 g/mol. The van der Waals surface area contributed by atoms with Crippen LogP contribution >= 0.6 is 0 Å². The Bertz CT molecular complexity index is 228. The standard InChI is InChI=1S/C4H3F3O3.C2H4O2/c1-2(8)10-3(9)4(5,6)7;1-2(3)4/h1H3;1H3,(H,3,4). The predicted molar refractivity (Wildman–Crippen MR) is 36.1 cm³/mol. The van der Waals surface area contributed by atoms with Crippen LogP contribution in [0.3, 0.4) is 0 Å². The Kier molecular flexibility index (Phi) is 6.33. The van der Waals surface area contributed by atoms with Crippen molar-refractivity contribution in [2.45, 2.75) is 20.0 Å². The number of alkyl halides is 3. The van der Waals surface area contributed by atoms with Crippen molar-refractivity contribution in [1.29, 1.82) is 0 Å². The van der Waals surface area contributed by atoms with Crippen LogP contribution in [0, 0.1) is 0 Å². The summed E-state index contributed by atoms with van der Waals surface area (Å²) >= 11 is 0. The van der Waals surface area contributed by atoms with Gasteiger partial charge in [-0.2, -0.15) is 13.2 Å². The van der Waals surface area contributed by atoms with Crippen molar-refractivity contribution in [1.82, 2.24) is 0 Å². The van der Waals surface area contributed by atoms with E-state index in [1.807, 2.05) is 0 Å². The van der Waals surface area contributed by atoms with E-state index in [-0.39, 0.29) is 0 Å². The molecule has 0 saturated carbocycles. The minimum atomic E-state index is -5.09. The Morgan fingerprint density at radius 1 is 1.14 bits per heavy atom. The van der Waals surface area contributed by atoms with Gasteiger partial charge in [0.25, 0.3) is 5.97 Å². The maximum atomic E-state index is 11.2. The zero-order valence-corrected chi connectivity index (χ0v) is 7.21. The van der Waals surface area contributed by atoms with Crippen LogP contribution in [-0.4, -0.2) is 29.2 Å². The molecule has 1 N–H and O–H groups in total. The van der Waals surface area contributed by atoms with E-state index in [1.165, 1.54) is 0 Å². The molecule has 0 atom stereocenters. The zero-order valence-electron chi connectivity index (χ0n) is 7.21. The molecule has 0 aromatic rings. The number of rotatable bonds is 0. The van der Waals surface area contributed by atoms with Gasteiger partial charge in [0.1, 0.15) is 0 Å². The third-order valence-electron chi connectivity index (χ3n) is 0.468. The monoisotopic (exact) mass is 216 g/mol. The van der Waals surface area contributed by atoms with Gasteiger partial charge in [-0.15, -0.1) is 0 Å². The molecule has 0 radical (unpaired) electrons. The fourth-order valence-corrected chi connectivity index (χ4v) is 0.188. The number of esters is 2. The molecule has 0 aliphatic carbocycles. The molecule has 8 heteroatoms. The Labute approximate surface area is 76.5 Å². The van der Waals surface area contributed by atoms with Crippen LogP contribution in [0.2, 0.25) is 0 Å². The van der Waals surface area contributed by atoms with Crippen molar-refractivity contribution in [2.24, 2.45) is 0 Å². The molecule has 5 nitrogen and oxygen atoms in total. The molecule has 0 unspecified atom stereocenters. The van der Waals surface area contributed by atoms with E-state index in [1.54, 1.807) is 0 Å². The van der Waals surface area contributed by atoms with E-state index < -0.39 is 24.1 Å². The summed E-state index contributed by atoms with van der Waals surface area (Å²) in [5, 5.41) is 7.42. The Hall–Kier alpha value is -1.60. The van der Waals surface area contributed by atoms with E-state index in [9.17, 15) is 22.8 Å². The minimum Gasteiger partial charge on any atom is -0.481 e. The largest absolute Gasteiger partial charge is 0.491 e. The van der Waals surface area contributed by atoms with Gasteiger partial charge < -0.3 is 9.84 Å². The second-order valence-corrected chi connectivity index (χ2v) is 1.90. The van der Waals surface area contributed by atoms with Crippen LogP contribution in [0.5, 0.6) is 0 Å². The first-order valence-corrected chi connectivity index (χ1v) is 3.06. The lowest BCUT2D eigenvalue weighted by Crippen LogP contribution is -2.26. The van der Waals surface area contributed by atoms with Gasteiger partial charge in [-0.1, -0.05) is 0 Å². The summed E-state index contributed by atoms with van der Waals surface area (Å²) in [5.41, 5.74) is 0. The Morgan fingerprint density at radius 2 is 1.43 bits per heavy atom. The van der Waals surface area contributed by atoms with Gasteiger partial charge >= 0.3 is 18.1 Å². The van der Waals surface area contributed by atoms with E-state index in [0.717, 1.165) is 6.92 Å². The van der Waals surface area contributed by atoms with Gasteiger partial charge in [0.15, 0.2) is 0 Å². The Balaban J connectivity index is 0. The van der Waals surface area contributed by atoms with Gasteiger partial charge in [0.2, 0.25) is 0 Å². The van der Waals surface area contributed by atoms with Crippen LogP contribution < -0.4 is 0 Å². The van der Waals surface area contributed by atoms with E-state index in [0.29, 0.717) is 6.92 Å². The Morgan fingerprint density at radius 3 is 1.50 bits per heavy atom. The number of carboxylic acid groups (broad SMARTS) is 1. The smallest absolute Gasteiger partial charge is 0.481 e. The number of carboxylic acids is 1. The van der Waals surface area contributed by atoms with Gasteiger partial charge in [-0.3, -0.25) is 9.59 Å². The molecule has 0 spiro atoms. The minimum absolute atomic E-state index is 0.712. The van der Waals surface area contributed by atoms with Crippen LogP contribution in [-0.2, 0) is 19.1 Å². The van der Waals surface area contributed by atoms with Gasteiger partial charge in [0, 0.05) is 13.8 Å². The molecule has 0 aromatic carbocycles. The van der Waals surface area contributed by atoms with Crippen LogP contribution in [0.15, 0.2) is 0 Å². The number of ether oxygens (including phenoxy) is 1. The second kappa shape index (κ2) is 5.95. The molecule has 0 bridgehead atoms. The lowest BCUT2D eigenvalue weighted by atomic mass is 10.6. The molecule has 0 aliphatic heterocycles. The summed E-state index contributed by atoms with van der Waals surface area (Å²) in [7, 11) is 0. The highest BCUT2D eigenvalue weighted by Gasteiger charge is 2.41. The van der Waals surface area contributed by atoms with Crippen molar-refractivity contribution in [2.75, 3.05) is 0 Å². The van der Waals surface area contributed by atoms with Crippen molar-refractivity contribution >= 4 is 17.9 Å². The number of hydrogen-bond acceptors (Lipinski definition) is 4. The first-order valence-electron chi connectivity index (χ1n) is 3.06. The predicted octanol–water partition coefficient (Wildman–Crippen LogP) is 0.729. The van der Waals surface area contributed by atoms with Crippen LogP contribution in [0.1, 0.15) is 13.8 Å². The van der Waals surface area contributed by atoms with Crippen molar-refractivity contribution in [3.8, 4) is 0 Å². The summed E-state index contributed by atoms with van der Waals surface area (Å²) in [4.78, 5) is 28.5. The van der Waals surface area contributed by atoms with Gasteiger partial charge in [0.05, 0.1) is 0 Å². The van der Waals surface area contributed by atoms with Crippen molar-refractivity contribution in [3.05, 3.63) is 0 Å². The third kappa shape index (κ3) is 13.0. The normalized spacial score (nSPS) is 9.50. The van der Waals surface area contributed by atoms with Gasteiger partial charge in [-0.05, 0) is 0 Å². The van der Waals surface area contributed by atoms with E-state index in [4.69, 9.17) is 9.90 Å². The lowest BCUT2D eigenvalue weighted by Gasteiger charge is -2.01. The average molecular weight is 216 g/mol. The fraction of sp³-hybridized carbons (Fsp3) is 0.500. The van der Waals surface area contributed by atoms with Crippen LogP contribution in [0.4, 0.5) is 13.2 Å². The first kappa shape index (κ1) is 14.9. The molecule has 0 aromatic heterocycles. The summed E-state index contributed by atoms with van der Waals surface area (Å²) in [6.45, 7) is 1.80. The van der Waals surface area contributed by atoms with E-state index in [2.05, 4.69) is 4.74 Å². The zero-order chi connectivity index (χ0) is 11.9. The molecule has 0 saturated heterocycles. The van der Waals surface area contributed by atoms with Crippen molar-refractivity contribution < 1.29 is 37.4 Å². The molecule has 82 valence electrons. The molecule has 14 heavy (non-hydrogen) atoms. The molecular formula is C6H7F3O5. The average Bonchev–Trinajstić information content (AvgIpc) is 1.81. The van der Waals surface area contributed by atoms with Crippen molar-refractivity contribution in [3.63, 3.8) is 0 Å². The quantitative estimate of drug-likeness (QED) is 0.476. The highest BCUT2D eigenvalue weighted by atomic mass is 19.4. The first-order chi connectivity index (χ1) is 6.07. The topological polar surface area (TPSA) is 80.7 Å². The van der Waals surface area contributed by atoms with E-state index >= 15 is 0 Å². The summed E-state index contributed by atoms with van der Waals surface area (Å²) < 4.78 is 36.8. The summed E-state index contributed by atoms with van der Waals surface area (Å²) in [6, 6.07) is 0. The third-order valence-corrected chi connectivity index (χ3v) is 0.468. The second-order valence-electron chi connectivity index (χ2n) is 1.90. The highest BCUT2D eigenvalue weighted by Crippen LogP contribution is 2.16. The summed E-state index contributed by atoms with van der Waals surface area (Å²) in [5.74, 6) is -4.60. The number of halogens is 3. The molecule has 0 amide bonds. The van der Waals surface area contributed by atoms with Gasteiger partial charge in [-0.25, -0.2) is 4.79 Å². The molecule has 0 rings (SSSR count). The number of aliphatic carboxylic acids is 1. The lowest BCUT2D eigenvalue weighted by molar-refractivity contribution is -0.201. The SMILES string of the molecule is CC(=O)O.CC(=O)OC(=O)C(F)(F)F. The fourth-order valence-electron chi connectivity index (χ4n) is 0.188.